The lowest BCUT2D eigenvalue weighted by Gasteiger charge is -2.32. The Hall–Kier alpha value is -1.42. The van der Waals surface area contributed by atoms with Crippen LogP contribution in [0.4, 0.5) is 4.39 Å². The molecular weight excluding hydrogens is 241 g/mol. The lowest BCUT2D eigenvalue weighted by atomic mass is 9.75. The minimum Gasteiger partial charge on any atom is -0.331 e. The van der Waals surface area contributed by atoms with Crippen LogP contribution in [0.25, 0.3) is 11.0 Å². The summed E-state index contributed by atoms with van der Waals surface area (Å²) >= 11 is 0. The molecule has 1 aliphatic rings. The molecule has 0 aliphatic carbocycles. The molecule has 102 valence electrons. The monoisotopic (exact) mass is 261 g/mol. The zero-order valence-corrected chi connectivity index (χ0v) is 11.7. The van der Waals surface area contributed by atoms with Crippen LogP contribution in [0.3, 0.4) is 0 Å². The minimum absolute atomic E-state index is 0.0141. The molecule has 1 saturated heterocycles. The molecule has 19 heavy (non-hydrogen) atoms. The van der Waals surface area contributed by atoms with Crippen LogP contribution in [0, 0.1) is 11.7 Å². The zero-order chi connectivity index (χ0) is 13.6. The number of hydrogen-bond donors (Lipinski definition) is 1. The van der Waals surface area contributed by atoms with E-state index in [2.05, 4.69) is 28.7 Å². The van der Waals surface area contributed by atoms with Crippen molar-refractivity contribution in [2.24, 2.45) is 13.0 Å². The standard InChI is InChI=1S/C15H20FN3/c1-10(2)15(7-8-17-9-15)14-18-13-11(16)5-4-6-12(13)19(14)3/h4-6,10,17H,7-9H2,1-3H3. The van der Waals surface area contributed by atoms with E-state index in [1.165, 1.54) is 6.07 Å². The second-order valence-electron chi connectivity index (χ2n) is 5.84. The predicted octanol–water partition coefficient (Wildman–Crippen LogP) is 2.60. The summed E-state index contributed by atoms with van der Waals surface area (Å²) < 4.78 is 16.0. The first-order chi connectivity index (χ1) is 9.06. The highest BCUT2D eigenvalue weighted by Crippen LogP contribution is 2.38. The number of aromatic nitrogens is 2. The molecule has 2 aromatic rings. The molecule has 1 N–H and O–H groups in total. The van der Waals surface area contributed by atoms with Crippen LogP contribution in [0.2, 0.25) is 0 Å². The van der Waals surface area contributed by atoms with E-state index in [0.29, 0.717) is 11.4 Å². The van der Waals surface area contributed by atoms with Crippen LogP contribution in [-0.4, -0.2) is 22.6 Å². The molecule has 0 bridgehead atoms. The Kier molecular flexibility index (Phi) is 2.86. The fraction of sp³-hybridized carbons (Fsp3) is 0.533. The molecule has 1 aliphatic heterocycles. The number of halogens is 1. The van der Waals surface area contributed by atoms with Gasteiger partial charge in [0.15, 0.2) is 5.82 Å². The first kappa shape index (κ1) is 12.6. The molecule has 3 nitrogen and oxygen atoms in total. The summed E-state index contributed by atoms with van der Waals surface area (Å²) in [6, 6.07) is 5.16. The normalized spacial score (nSPS) is 23.6. The van der Waals surface area contributed by atoms with Gasteiger partial charge in [0.1, 0.15) is 11.3 Å². The van der Waals surface area contributed by atoms with Gasteiger partial charge in [0.05, 0.1) is 5.52 Å². The first-order valence-electron chi connectivity index (χ1n) is 6.88. The quantitative estimate of drug-likeness (QED) is 0.900. The Bertz CT molecular complexity index is 609. The van der Waals surface area contributed by atoms with E-state index in [4.69, 9.17) is 0 Å². The van der Waals surface area contributed by atoms with E-state index in [-0.39, 0.29) is 11.2 Å². The molecular formula is C15H20FN3. The number of para-hydroxylation sites is 1. The Morgan fingerprint density at radius 3 is 2.79 bits per heavy atom. The highest BCUT2D eigenvalue weighted by atomic mass is 19.1. The molecule has 1 aromatic heterocycles. The van der Waals surface area contributed by atoms with Crippen molar-refractivity contribution in [3.8, 4) is 0 Å². The van der Waals surface area contributed by atoms with Gasteiger partial charge in [-0.05, 0) is 31.0 Å². The summed E-state index contributed by atoms with van der Waals surface area (Å²) in [4.78, 5) is 4.64. The Morgan fingerprint density at radius 1 is 1.42 bits per heavy atom. The second kappa shape index (κ2) is 4.30. The van der Waals surface area contributed by atoms with Crippen molar-refractivity contribution < 1.29 is 4.39 Å². The molecule has 1 unspecified atom stereocenters. The average molecular weight is 261 g/mol. The van der Waals surface area contributed by atoms with Crippen molar-refractivity contribution in [1.82, 2.24) is 14.9 Å². The van der Waals surface area contributed by atoms with Crippen LogP contribution in [0.1, 0.15) is 26.1 Å². The number of fused-ring (bicyclic) bond motifs is 1. The third-order valence-electron chi connectivity index (χ3n) is 4.60. The van der Waals surface area contributed by atoms with E-state index < -0.39 is 0 Å². The van der Waals surface area contributed by atoms with Gasteiger partial charge in [-0.25, -0.2) is 9.37 Å². The van der Waals surface area contributed by atoms with E-state index in [1.54, 1.807) is 6.07 Å². The average Bonchev–Trinajstić information content (AvgIpc) is 2.97. The molecule has 0 spiro atoms. The summed E-state index contributed by atoms with van der Waals surface area (Å²) in [5.74, 6) is 1.25. The molecule has 0 saturated carbocycles. The van der Waals surface area contributed by atoms with Gasteiger partial charge in [0.2, 0.25) is 0 Å². The fourth-order valence-electron chi connectivity index (χ4n) is 3.28. The molecule has 2 heterocycles. The third kappa shape index (κ3) is 1.70. The summed E-state index contributed by atoms with van der Waals surface area (Å²) in [6.07, 6.45) is 1.06. The van der Waals surface area contributed by atoms with Crippen molar-refractivity contribution in [2.75, 3.05) is 13.1 Å². The SMILES string of the molecule is CC(C)C1(c2nc3c(F)cccc3n2C)CCNC1. The fourth-order valence-corrected chi connectivity index (χ4v) is 3.28. The van der Waals surface area contributed by atoms with Gasteiger partial charge in [0.25, 0.3) is 0 Å². The van der Waals surface area contributed by atoms with E-state index >= 15 is 0 Å². The maximum absolute atomic E-state index is 13.9. The zero-order valence-electron chi connectivity index (χ0n) is 11.7. The lowest BCUT2D eigenvalue weighted by Crippen LogP contribution is -2.37. The summed E-state index contributed by atoms with van der Waals surface area (Å²) in [5.41, 5.74) is 1.38. The van der Waals surface area contributed by atoms with Crippen molar-refractivity contribution >= 4 is 11.0 Å². The van der Waals surface area contributed by atoms with Crippen LogP contribution >= 0.6 is 0 Å². The topological polar surface area (TPSA) is 29.9 Å². The summed E-state index contributed by atoms with van der Waals surface area (Å²) in [5, 5.41) is 3.43. The number of hydrogen-bond acceptors (Lipinski definition) is 2. The molecule has 1 fully saturated rings. The largest absolute Gasteiger partial charge is 0.331 e. The van der Waals surface area contributed by atoms with Gasteiger partial charge in [0, 0.05) is 19.0 Å². The number of aryl methyl sites for hydroxylation is 1. The first-order valence-corrected chi connectivity index (χ1v) is 6.88. The highest BCUT2D eigenvalue weighted by Gasteiger charge is 2.42. The number of rotatable bonds is 2. The van der Waals surface area contributed by atoms with Crippen molar-refractivity contribution in [1.29, 1.82) is 0 Å². The smallest absolute Gasteiger partial charge is 0.151 e. The van der Waals surface area contributed by atoms with Crippen LogP contribution < -0.4 is 5.32 Å². The number of nitrogens with zero attached hydrogens (tertiary/aromatic N) is 2. The number of imidazole rings is 1. The van der Waals surface area contributed by atoms with Gasteiger partial charge in [-0.2, -0.15) is 0 Å². The Morgan fingerprint density at radius 2 is 2.21 bits per heavy atom. The molecule has 1 atom stereocenters. The van der Waals surface area contributed by atoms with Gasteiger partial charge in [-0.1, -0.05) is 19.9 Å². The molecule has 0 amide bonds. The Labute approximate surface area is 112 Å². The number of nitrogens with one attached hydrogen (secondary N) is 1. The predicted molar refractivity (Wildman–Crippen MR) is 74.7 cm³/mol. The molecule has 3 rings (SSSR count). The Balaban J connectivity index is 2.25. The van der Waals surface area contributed by atoms with Crippen molar-refractivity contribution in [3.05, 3.63) is 29.8 Å². The summed E-state index contributed by atoms with van der Waals surface area (Å²) in [7, 11) is 1.99. The second-order valence-corrected chi connectivity index (χ2v) is 5.84. The minimum atomic E-state index is -0.232. The molecule has 0 radical (unpaired) electrons. The summed E-state index contributed by atoms with van der Waals surface area (Å²) in [6.45, 7) is 6.37. The van der Waals surface area contributed by atoms with Crippen LogP contribution in [0.5, 0.6) is 0 Å². The molecule has 1 aromatic carbocycles. The van der Waals surface area contributed by atoms with E-state index in [9.17, 15) is 4.39 Å². The lowest BCUT2D eigenvalue weighted by molar-refractivity contribution is 0.311. The van der Waals surface area contributed by atoms with E-state index in [0.717, 1.165) is 30.9 Å². The highest BCUT2D eigenvalue weighted by molar-refractivity contribution is 5.76. The van der Waals surface area contributed by atoms with Gasteiger partial charge >= 0.3 is 0 Å². The van der Waals surface area contributed by atoms with Crippen molar-refractivity contribution in [3.63, 3.8) is 0 Å². The van der Waals surface area contributed by atoms with Crippen LogP contribution in [-0.2, 0) is 12.5 Å². The van der Waals surface area contributed by atoms with Crippen LogP contribution in [0.15, 0.2) is 18.2 Å². The van der Waals surface area contributed by atoms with E-state index in [1.807, 2.05) is 13.1 Å². The van der Waals surface area contributed by atoms with Gasteiger partial charge in [-0.3, -0.25) is 0 Å². The third-order valence-corrected chi connectivity index (χ3v) is 4.60. The van der Waals surface area contributed by atoms with Crippen molar-refractivity contribution in [2.45, 2.75) is 25.7 Å². The van der Waals surface area contributed by atoms with Gasteiger partial charge in [-0.15, -0.1) is 0 Å². The molecule has 4 heteroatoms. The maximum Gasteiger partial charge on any atom is 0.151 e. The maximum atomic E-state index is 13.9. The van der Waals surface area contributed by atoms with Gasteiger partial charge < -0.3 is 9.88 Å². The number of benzene rings is 1.